The molecule has 0 bridgehead atoms. The van der Waals surface area contributed by atoms with Gasteiger partial charge in [-0.25, -0.2) is 0 Å². The van der Waals surface area contributed by atoms with Gasteiger partial charge in [0, 0.05) is 28.8 Å². The monoisotopic (exact) mass is 503 g/mol. The molecule has 0 unspecified atom stereocenters. The van der Waals surface area contributed by atoms with Gasteiger partial charge in [-0.3, -0.25) is 14.9 Å². The Morgan fingerprint density at radius 1 is 1.10 bits per heavy atom. The van der Waals surface area contributed by atoms with Gasteiger partial charge in [-0.2, -0.15) is 0 Å². The summed E-state index contributed by atoms with van der Waals surface area (Å²) in [7, 11) is 0. The van der Waals surface area contributed by atoms with Gasteiger partial charge in [0.15, 0.2) is 5.11 Å². The van der Waals surface area contributed by atoms with Crippen molar-refractivity contribution in [3.05, 3.63) is 58.1 Å². The molecule has 1 fully saturated rings. The molecule has 0 aliphatic carbocycles. The Bertz CT molecular complexity index is 959. The highest BCUT2D eigenvalue weighted by Gasteiger charge is 2.18. The fourth-order valence-corrected chi connectivity index (χ4v) is 4.05. The van der Waals surface area contributed by atoms with Crippen LogP contribution >= 0.6 is 28.1 Å². The van der Waals surface area contributed by atoms with Crippen molar-refractivity contribution in [2.45, 2.75) is 32.6 Å². The van der Waals surface area contributed by atoms with Crippen LogP contribution in [-0.2, 0) is 0 Å². The second kappa shape index (κ2) is 11.2. The van der Waals surface area contributed by atoms with E-state index in [1.165, 1.54) is 12.8 Å². The second-order valence-electron chi connectivity index (χ2n) is 7.27. The Hall–Kier alpha value is -2.45. The summed E-state index contributed by atoms with van der Waals surface area (Å²) in [6, 6.07) is 12.4. The summed E-state index contributed by atoms with van der Waals surface area (Å²) in [5, 5.41) is 5.82. The Labute approximate surface area is 196 Å². The maximum absolute atomic E-state index is 12.9. The third-order valence-electron chi connectivity index (χ3n) is 4.97. The molecule has 0 spiro atoms. The van der Waals surface area contributed by atoms with Crippen molar-refractivity contribution >= 4 is 50.8 Å². The Morgan fingerprint density at radius 3 is 2.55 bits per heavy atom. The number of hydrogen-bond acceptors (Lipinski definition) is 4. The molecule has 0 atom stereocenters. The average Bonchev–Trinajstić information content (AvgIpc) is 3.04. The van der Waals surface area contributed by atoms with E-state index in [2.05, 4.69) is 26.6 Å². The summed E-state index contributed by atoms with van der Waals surface area (Å²) in [6.45, 7) is 3.89. The van der Waals surface area contributed by atoms with Crippen molar-refractivity contribution in [1.82, 2.24) is 10.2 Å². The van der Waals surface area contributed by atoms with Crippen molar-refractivity contribution in [3.8, 4) is 5.75 Å². The van der Waals surface area contributed by atoms with Gasteiger partial charge in [0.25, 0.3) is 11.8 Å². The molecule has 2 amide bonds. The maximum Gasteiger partial charge on any atom is 0.261 e. The fraction of sp³-hybridized carbons (Fsp3) is 0.348. The van der Waals surface area contributed by atoms with E-state index in [9.17, 15) is 9.59 Å². The van der Waals surface area contributed by atoms with Crippen LogP contribution in [-0.4, -0.2) is 41.5 Å². The molecule has 2 N–H and O–H groups in total. The number of thiocarbonyl (C=S) groups is 1. The number of ether oxygens (including phenoxy) is 1. The van der Waals surface area contributed by atoms with Crippen LogP contribution in [0.2, 0.25) is 0 Å². The number of halogens is 1. The van der Waals surface area contributed by atoms with Gasteiger partial charge in [-0.1, -0.05) is 34.8 Å². The average molecular weight is 504 g/mol. The molecule has 1 aliphatic heterocycles. The molecule has 2 aromatic rings. The molecule has 164 valence electrons. The zero-order valence-electron chi connectivity index (χ0n) is 17.4. The number of benzene rings is 2. The molecule has 6 nitrogen and oxygen atoms in total. The predicted octanol–water partition coefficient (Wildman–Crippen LogP) is 4.99. The first kappa shape index (κ1) is 23.2. The highest BCUT2D eigenvalue weighted by atomic mass is 79.9. The molecule has 1 aliphatic rings. The van der Waals surface area contributed by atoms with Crippen molar-refractivity contribution in [2.75, 3.05) is 25.0 Å². The number of nitrogens with zero attached hydrogens (tertiary/aromatic N) is 1. The normalized spacial score (nSPS) is 13.8. The van der Waals surface area contributed by atoms with Crippen LogP contribution in [0.25, 0.3) is 0 Å². The topological polar surface area (TPSA) is 70.7 Å². The van der Waals surface area contributed by atoms with E-state index in [1.54, 1.807) is 30.3 Å². The number of amides is 2. The second-order valence-corrected chi connectivity index (χ2v) is 8.59. The number of rotatable bonds is 5. The summed E-state index contributed by atoms with van der Waals surface area (Å²) in [5.41, 5.74) is 1.63. The molecule has 8 heteroatoms. The smallest absolute Gasteiger partial charge is 0.261 e. The van der Waals surface area contributed by atoms with Crippen LogP contribution < -0.4 is 15.4 Å². The van der Waals surface area contributed by atoms with Crippen molar-refractivity contribution in [3.63, 3.8) is 0 Å². The minimum atomic E-state index is -0.376. The standard InChI is InChI=1S/C23H26BrN3O3S/c1-2-30-20-11-10-17(24)15-19(20)21(28)26-23(31)25-18-9-7-8-16(14-18)22(29)27-12-5-3-4-6-13-27/h7-11,14-15H,2-6,12-13H2,1H3,(H2,25,26,28,31). The van der Waals surface area contributed by atoms with Crippen LogP contribution in [0.4, 0.5) is 5.69 Å². The van der Waals surface area contributed by atoms with Gasteiger partial charge in [0.05, 0.1) is 12.2 Å². The first-order valence-corrected chi connectivity index (χ1v) is 11.6. The highest BCUT2D eigenvalue weighted by molar-refractivity contribution is 9.10. The zero-order chi connectivity index (χ0) is 22.2. The van der Waals surface area contributed by atoms with E-state index in [1.807, 2.05) is 24.0 Å². The van der Waals surface area contributed by atoms with E-state index >= 15 is 0 Å². The van der Waals surface area contributed by atoms with Crippen molar-refractivity contribution in [2.24, 2.45) is 0 Å². The van der Waals surface area contributed by atoms with Crippen molar-refractivity contribution in [1.29, 1.82) is 0 Å². The lowest BCUT2D eigenvalue weighted by atomic mass is 10.1. The third kappa shape index (κ3) is 6.51. The van der Waals surface area contributed by atoms with Gasteiger partial charge in [-0.15, -0.1) is 0 Å². The molecule has 0 radical (unpaired) electrons. The molecular formula is C23H26BrN3O3S. The van der Waals surface area contributed by atoms with Gasteiger partial charge < -0.3 is 15.0 Å². The summed E-state index contributed by atoms with van der Waals surface area (Å²) in [6.07, 6.45) is 4.42. The molecule has 2 aromatic carbocycles. The Kier molecular flexibility index (Phi) is 8.43. The first-order chi connectivity index (χ1) is 15.0. The molecule has 0 aromatic heterocycles. The van der Waals surface area contributed by atoms with E-state index in [4.69, 9.17) is 17.0 Å². The largest absolute Gasteiger partial charge is 0.493 e. The van der Waals surface area contributed by atoms with E-state index < -0.39 is 0 Å². The zero-order valence-corrected chi connectivity index (χ0v) is 19.9. The quantitative estimate of drug-likeness (QED) is 0.562. The lowest BCUT2D eigenvalue weighted by Crippen LogP contribution is -2.34. The number of carbonyl (C=O) groups is 2. The number of anilines is 1. The number of carbonyl (C=O) groups excluding carboxylic acids is 2. The molecular weight excluding hydrogens is 478 g/mol. The number of likely N-dealkylation sites (tertiary alicyclic amines) is 1. The van der Waals surface area contributed by atoms with Gasteiger partial charge in [-0.05, 0) is 68.4 Å². The number of nitrogens with one attached hydrogen (secondary N) is 2. The van der Waals surface area contributed by atoms with Gasteiger partial charge in [0.2, 0.25) is 0 Å². The van der Waals surface area contributed by atoms with Gasteiger partial charge in [0.1, 0.15) is 5.75 Å². The van der Waals surface area contributed by atoms with E-state index in [0.29, 0.717) is 29.2 Å². The minimum absolute atomic E-state index is 0.0241. The first-order valence-electron chi connectivity index (χ1n) is 10.4. The Morgan fingerprint density at radius 2 is 1.84 bits per heavy atom. The van der Waals surface area contributed by atoms with Crippen LogP contribution in [0, 0.1) is 0 Å². The lowest BCUT2D eigenvalue weighted by Gasteiger charge is -2.20. The maximum atomic E-state index is 12.9. The Balaban J connectivity index is 1.66. The predicted molar refractivity (Wildman–Crippen MR) is 130 cm³/mol. The summed E-state index contributed by atoms with van der Waals surface area (Å²) in [4.78, 5) is 27.5. The van der Waals surface area contributed by atoms with Crippen LogP contribution in [0.1, 0.15) is 53.3 Å². The molecule has 3 rings (SSSR count). The third-order valence-corrected chi connectivity index (χ3v) is 5.67. The van der Waals surface area contributed by atoms with Crippen LogP contribution in [0.3, 0.4) is 0 Å². The van der Waals surface area contributed by atoms with E-state index in [-0.39, 0.29) is 16.9 Å². The van der Waals surface area contributed by atoms with Crippen LogP contribution in [0.5, 0.6) is 5.75 Å². The minimum Gasteiger partial charge on any atom is -0.493 e. The summed E-state index contributed by atoms with van der Waals surface area (Å²) < 4.78 is 6.30. The fourth-order valence-electron chi connectivity index (χ4n) is 3.48. The number of hydrogen-bond donors (Lipinski definition) is 2. The summed E-state index contributed by atoms with van der Waals surface area (Å²) in [5.74, 6) is 0.131. The molecule has 1 heterocycles. The SMILES string of the molecule is CCOc1ccc(Br)cc1C(=O)NC(=S)Nc1cccc(C(=O)N2CCCCCC2)c1. The summed E-state index contributed by atoms with van der Waals surface area (Å²) >= 11 is 8.69. The lowest BCUT2D eigenvalue weighted by molar-refractivity contribution is 0.0761. The molecule has 0 saturated carbocycles. The van der Waals surface area contributed by atoms with Crippen LogP contribution in [0.15, 0.2) is 46.9 Å². The van der Waals surface area contributed by atoms with Gasteiger partial charge >= 0.3 is 0 Å². The van der Waals surface area contributed by atoms with E-state index in [0.717, 1.165) is 30.4 Å². The molecule has 31 heavy (non-hydrogen) atoms. The molecule has 1 saturated heterocycles. The van der Waals surface area contributed by atoms with Crippen molar-refractivity contribution < 1.29 is 14.3 Å². The highest BCUT2D eigenvalue weighted by Crippen LogP contribution is 2.23.